The van der Waals surface area contributed by atoms with Gasteiger partial charge in [-0.3, -0.25) is 19.1 Å². The molecular formula is C25H20N6O3. The van der Waals surface area contributed by atoms with E-state index in [-0.39, 0.29) is 12.1 Å². The molecule has 4 heterocycles. The van der Waals surface area contributed by atoms with Crippen LogP contribution in [0.1, 0.15) is 21.6 Å². The molecule has 0 bridgehead atoms. The quantitative estimate of drug-likeness (QED) is 0.426. The van der Waals surface area contributed by atoms with Crippen molar-refractivity contribution in [1.29, 1.82) is 0 Å². The Morgan fingerprint density at radius 2 is 1.97 bits per heavy atom. The number of pyridine rings is 2. The van der Waals surface area contributed by atoms with Crippen LogP contribution in [0.5, 0.6) is 0 Å². The third-order valence-electron chi connectivity index (χ3n) is 5.45. The molecule has 4 aromatic heterocycles. The first kappa shape index (κ1) is 21.1. The van der Waals surface area contributed by atoms with Gasteiger partial charge in [-0.2, -0.15) is 0 Å². The molecule has 168 valence electrons. The fourth-order valence-electron chi connectivity index (χ4n) is 3.72. The lowest BCUT2D eigenvalue weighted by Gasteiger charge is -2.09. The fourth-order valence-corrected chi connectivity index (χ4v) is 3.72. The van der Waals surface area contributed by atoms with Crippen LogP contribution in [0, 0.1) is 6.92 Å². The van der Waals surface area contributed by atoms with E-state index in [9.17, 15) is 14.4 Å². The summed E-state index contributed by atoms with van der Waals surface area (Å²) in [4.78, 5) is 49.3. The van der Waals surface area contributed by atoms with Crippen LogP contribution in [0.15, 0.2) is 89.0 Å². The van der Waals surface area contributed by atoms with Gasteiger partial charge < -0.3 is 14.7 Å². The van der Waals surface area contributed by atoms with Crippen LogP contribution in [-0.2, 0) is 6.54 Å². The first-order chi connectivity index (χ1) is 16.5. The summed E-state index contributed by atoms with van der Waals surface area (Å²) in [5.41, 5.74) is 3.02. The van der Waals surface area contributed by atoms with Crippen molar-refractivity contribution in [2.75, 3.05) is 5.32 Å². The van der Waals surface area contributed by atoms with Crippen molar-refractivity contribution in [3.63, 3.8) is 0 Å². The van der Waals surface area contributed by atoms with Crippen molar-refractivity contribution in [1.82, 2.24) is 23.9 Å². The number of hydrogen-bond donors (Lipinski definition) is 2. The van der Waals surface area contributed by atoms with Gasteiger partial charge in [-0.1, -0.05) is 24.3 Å². The van der Waals surface area contributed by atoms with Crippen molar-refractivity contribution in [3.05, 3.63) is 117 Å². The number of H-pyrrole nitrogens is 1. The summed E-state index contributed by atoms with van der Waals surface area (Å²) in [6, 6.07) is 16.3. The summed E-state index contributed by atoms with van der Waals surface area (Å²) < 4.78 is 2.90. The SMILES string of the molecule is Cc1cccn2cc(-c3cccc(NC(=O)c4c[nH]c(=O)n(Cc5ccccn5)c4=O)c3)nc12. The molecule has 0 aliphatic carbocycles. The molecule has 0 unspecified atom stereocenters. The molecule has 0 atom stereocenters. The molecule has 1 aromatic carbocycles. The number of aryl methyl sites for hydroxylation is 1. The maximum Gasteiger partial charge on any atom is 0.328 e. The van der Waals surface area contributed by atoms with E-state index in [4.69, 9.17) is 0 Å². The van der Waals surface area contributed by atoms with E-state index in [1.165, 1.54) is 0 Å². The van der Waals surface area contributed by atoms with Crippen LogP contribution in [0.2, 0.25) is 0 Å². The van der Waals surface area contributed by atoms with Crippen LogP contribution in [0.4, 0.5) is 5.69 Å². The lowest BCUT2D eigenvalue weighted by molar-refractivity contribution is 0.102. The minimum Gasteiger partial charge on any atom is -0.322 e. The highest BCUT2D eigenvalue weighted by atomic mass is 16.2. The number of amides is 1. The molecule has 0 saturated heterocycles. The van der Waals surface area contributed by atoms with Gasteiger partial charge in [0.15, 0.2) is 0 Å². The lowest BCUT2D eigenvalue weighted by Crippen LogP contribution is -2.39. The second-order valence-electron chi connectivity index (χ2n) is 7.80. The Bertz CT molecular complexity index is 1630. The monoisotopic (exact) mass is 452 g/mol. The van der Waals surface area contributed by atoms with E-state index in [1.54, 1.807) is 42.6 Å². The van der Waals surface area contributed by atoms with Gasteiger partial charge in [-0.25, -0.2) is 9.78 Å². The lowest BCUT2D eigenvalue weighted by atomic mass is 10.1. The molecule has 0 spiro atoms. The van der Waals surface area contributed by atoms with Crippen molar-refractivity contribution < 1.29 is 4.79 Å². The highest BCUT2D eigenvalue weighted by Gasteiger charge is 2.16. The van der Waals surface area contributed by atoms with Gasteiger partial charge in [0.2, 0.25) is 0 Å². The van der Waals surface area contributed by atoms with Gasteiger partial charge in [-0.05, 0) is 42.8 Å². The molecule has 9 heteroatoms. The van der Waals surface area contributed by atoms with E-state index in [0.29, 0.717) is 11.4 Å². The average Bonchev–Trinajstić information content (AvgIpc) is 3.28. The zero-order chi connectivity index (χ0) is 23.7. The normalized spacial score (nSPS) is 11.0. The Balaban J connectivity index is 1.43. The van der Waals surface area contributed by atoms with E-state index in [1.807, 2.05) is 41.9 Å². The maximum atomic E-state index is 12.9. The van der Waals surface area contributed by atoms with Crippen LogP contribution < -0.4 is 16.6 Å². The summed E-state index contributed by atoms with van der Waals surface area (Å²) in [6.45, 7) is 1.95. The molecular weight excluding hydrogens is 432 g/mol. The second-order valence-corrected chi connectivity index (χ2v) is 7.80. The first-order valence-electron chi connectivity index (χ1n) is 10.6. The summed E-state index contributed by atoms with van der Waals surface area (Å²) in [7, 11) is 0. The van der Waals surface area contributed by atoms with Crippen molar-refractivity contribution in [2.45, 2.75) is 13.5 Å². The molecule has 5 aromatic rings. The number of benzene rings is 1. The van der Waals surface area contributed by atoms with Crippen molar-refractivity contribution in [3.8, 4) is 11.3 Å². The Labute approximate surface area is 193 Å². The van der Waals surface area contributed by atoms with Crippen molar-refractivity contribution in [2.24, 2.45) is 0 Å². The highest BCUT2D eigenvalue weighted by molar-refractivity contribution is 6.04. The molecule has 1 amide bonds. The Morgan fingerprint density at radius 1 is 1.09 bits per heavy atom. The number of aromatic nitrogens is 5. The molecule has 0 radical (unpaired) electrons. The average molecular weight is 452 g/mol. The summed E-state index contributed by atoms with van der Waals surface area (Å²) in [5.74, 6) is -0.626. The number of anilines is 1. The Kier molecular flexibility index (Phi) is 5.35. The number of carbonyl (C=O) groups is 1. The number of fused-ring (bicyclic) bond motifs is 1. The minimum atomic E-state index is -0.695. The standard InChI is InChI=1S/C25H20N6O3/c1-16-6-5-11-30-15-21(29-22(16)30)17-7-4-9-18(12-17)28-23(32)20-13-27-25(34)31(24(20)33)14-19-8-2-3-10-26-19/h2-13,15H,14H2,1H3,(H,27,34)(H,28,32). The van der Waals surface area contributed by atoms with Gasteiger partial charge >= 0.3 is 5.69 Å². The molecule has 34 heavy (non-hydrogen) atoms. The highest BCUT2D eigenvalue weighted by Crippen LogP contribution is 2.23. The summed E-state index contributed by atoms with van der Waals surface area (Å²) >= 11 is 0. The smallest absolute Gasteiger partial charge is 0.322 e. The zero-order valence-corrected chi connectivity index (χ0v) is 18.2. The Morgan fingerprint density at radius 3 is 2.76 bits per heavy atom. The van der Waals surface area contributed by atoms with E-state index in [2.05, 4.69) is 20.3 Å². The number of nitrogens with zero attached hydrogens (tertiary/aromatic N) is 4. The predicted octanol–water partition coefficient (Wildman–Crippen LogP) is 2.86. The number of hydrogen-bond acceptors (Lipinski definition) is 5. The number of rotatable bonds is 5. The van der Waals surface area contributed by atoms with E-state index >= 15 is 0 Å². The van der Waals surface area contributed by atoms with Gasteiger partial charge in [0.25, 0.3) is 11.5 Å². The van der Waals surface area contributed by atoms with Crippen LogP contribution in [-0.4, -0.2) is 29.8 Å². The zero-order valence-electron chi connectivity index (χ0n) is 18.2. The van der Waals surface area contributed by atoms with E-state index in [0.717, 1.165) is 33.2 Å². The molecule has 0 fully saturated rings. The molecule has 5 rings (SSSR count). The van der Waals surface area contributed by atoms with Crippen molar-refractivity contribution >= 4 is 17.2 Å². The number of nitrogens with one attached hydrogen (secondary N) is 2. The number of carbonyl (C=O) groups excluding carboxylic acids is 1. The first-order valence-corrected chi connectivity index (χ1v) is 10.6. The Hall–Kier alpha value is -4.79. The van der Waals surface area contributed by atoms with Gasteiger partial charge in [-0.15, -0.1) is 0 Å². The summed E-state index contributed by atoms with van der Waals surface area (Å²) in [5, 5.41) is 2.74. The number of aromatic amines is 1. The third kappa shape index (κ3) is 4.02. The van der Waals surface area contributed by atoms with Crippen LogP contribution in [0.25, 0.3) is 16.9 Å². The molecule has 0 saturated carbocycles. The maximum absolute atomic E-state index is 12.9. The number of imidazole rings is 1. The molecule has 0 aliphatic rings. The fraction of sp³-hybridized carbons (Fsp3) is 0.0800. The molecule has 2 N–H and O–H groups in total. The van der Waals surface area contributed by atoms with Crippen LogP contribution in [0.3, 0.4) is 0 Å². The second kappa shape index (κ2) is 8.62. The minimum absolute atomic E-state index is 0.0427. The topological polar surface area (TPSA) is 114 Å². The van der Waals surface area contributed by atoms with Gasteiger partial charge in [0, 0.05) is 36.0 Å². The third-order valence-corrected chi connectivity index (χ3v) is 5.45. The van der Waals surface area contributed by atoms with Crippen LogP contribution >= 0.6 is 0 Å². The van der Waals surface area contributed by atoms with Gasteiger partial charge in [0.05, 0.1) is 17.9 Å². The summed E-state index contributed by atoms with van der Waals surface area (Å²) in [6.07, 6.45) is 6.55. The largest absolute Gasteiger partial charge is 0.328 e. The molecule has 0 aliphatic heterocycles. The predicted molar refractivity (Wildman–Crippen MR) is 128 cm³/mol. The van der Waals surface area contributed by atoms with E-state index < -0.39 is 17.2 Å². The van der Waals surface area contributed by atoms with Gasteiger partial charge in [0.1, 0.15) is 11.2 Å². The molecule has 9 nitrogen and oxygen atoms in total.